The zero-order chi connectivity index (χ0) is 17.8. The van der Waals surface area contributed by atoms with Crippen molar-refractivity contribution in [1.82, 2.24) is 5.32 Å². The number of carbonyl (C=O) groups excluding carboxylic acids is 2. The summed E-state index contributed by atoms with van der Waals surface area (Å²) in [5.74, 6) is 0.337. The average Bonchev–Trinajstić information content (AvgIpc) is 3.02. The van der Waals surface area contributed by atoms with Gasteiger partial charge in [-0.05, 0) is 36.8 Å². The fourth-order valence-electron chi connectivity index (χ4n) is 2.97. The third kappa shape index (κ3) is 3.99. The van der Waals surface area contributed by atoms with Crippen LogP contribution in [0.5, 0.6) is 5.75 Å². The molecule has 0 aromatic heterocycles. The number of benzene rings is 2. The molecule has 0 radical (unpaired) electrons. The number of methoxy groups -OCH3 is 1. The second-order valence-corrected chi connectivity index (χ2v) is 6.31. The Balaban J connectivity index is 1.59. The molecular formula is C20H22N2O3. The molecule has 1 unspecified atom stereocenters. The molecule has 1 aliphatic rings. The number of hydrogen-bond donors (Lipinski definition) is 1. The van der Waals surface area contributed by atoms with Gasteiger partial charge < -0.3 is 15.0 Å². The summed E-state index contributed by atoms with van der Waals surface area (Å²) in [4.78, 5) is 26.4. The Kier molecular flexibility index (Phi) is 5.03. The van der Waals surface area contributed by atoms with Gasteiger partial charge in [0.15, 0.2) is 0 Å². The Hall–Kier alpha value is -2.82. The summed E-state index contributed by atoms with van der Waals surface area (Å²) in [6.07, 6.45) is 0.248. The van der Waals surface area contributed by atoms with Crippen molar-refractivity contribution in [3.05, 3.63) is 59.7 Å². The first-order valence-corrected chi connectivity index (χ1v) is 8.34. The predicted octanol–water partition coefficient (Wildman–Crippen LogP) is 2.67. The lowest BCUT2D eigenvalue weighted by Crippen LogP contribution is -2.32. The first kappa shape index (κ1) is 17.0. The van der Waals surface area contributed by atoms with E-state index >= 15 is 0 Å². The SMILES string of the molecule is COc1cccc(CNC(=O)C2CC(=O)N(c3ccc(C)cc3)C2)c1. The molecule has 3 rings (SSSR count). The number of carbonyl (C=O) groups is 2. The molecular weight excluding hydrogens is 316 g/mol. The van der Waals surface area contributed by atoms with Crippen LogP contribution in [0.1, 0.15) is 17.5 Å². The minimum absolute atomic E-state index is 0.00890. The van der Waals surface area contributed by atoms with Gasteiger partial charge in [0.1, 0.15) is 5.75 Å². The molecule has 2 amide bonds. The largest absolute Gasteiger partial charge is 0.497 e. The third-order valence-electron chi connectivity index (χ3n) is 4.44. The highest BCUT2D eigenvalue weighted by atomic mass is 16.5. The van der Waals surface area contributed by atoms with Crippen LogP contribution in [0.15, 0.2) is 48.5 Å². The van der Waals surface area contributed by atoms with Gasteiger partial charge in [0.2, 0.25) is 11.8 Å². The van der Waals surface area contributed by atoms with Crippen LogP contribution >= 0.6 is 0 Å². The van der Waals surface area contributed by atoms with E-state index in [1.54, 1.807) is 12.0 Å². The molecule has 130 valence electrons. The van der Waals surface area contributed by atoms with E-state index < -0.39 is 0 Å². The molecule has 2 aromatic carbocycles. The molecule has 1 saturated heterocycles. The zero-order valence-corrected chi connectivity index (χ0v) is 14.5. The van der Waals surface area contributed by atoms with Gasteiger partial charge in [0, 0.05) is 25.2 Å². The van der Waals surface area contributed by atoms with Crippen molar-refractivity contribution in [2.45, 2.75) is 19.9 Å². The Morgan fingerprint density at radius 2 is 2.00 bits per heavy atom. The molecule has 0 aliphatic carbocycles. The van der Waals surface area contributed by atoms with Crippen molar-refractivity contribution < 1.29 is 14.3 Å². The lowest BCUT2D eigenvalue weighted by molar-refractivity contribution is -0.126. The average molecular weight is 338 g/mol. The Bertz CT molecular complexity index is 771. The maximum Gasteiger partial charge on any atom is 0.227 e. The minimum Gasteiger partial charge on any atom is -0.497 e. The number of rotatable bonds is 5. The maximum atomic E-state index is 12.4. The van der Waals surface area contributed by atoms with Gasteiger partial charge in [-0.1, -0.05) is 29.8 Å². The monoisotopic (exact) mass is 338 g/mol. The molecule has 1 N–H and O–H groups in total. The molecule has 1 atom stereocenters. The molecule has 1 aliphatic heterocycles. The van der Waals surface area contributed by atoms with E-state index in [4.69, 9.17) is 4.74 Å². The highest BCUT2D eigenvalue weighted by molar-refractivity contribution is 6.00. The summed E-state index contributed by atoms with van der Waals surface area (Å²) in [6.45, 7) is 2.85. The molecule has 5 heteroatoms. The van der Waals surface area contributed by atoms with Crippen LogP contribution in [-0.2, 0) is 16.1 Å². The highest BCUT2D eigenvalue weighted by Crippen LogP contribution is 2.25. The molecule has 1 fully saturated rings. The quantitative estimate of drug-likeness (QED) is 0.912. The maximum absolute atomic E-state index is 12.4. The van der Waals surface area contributed by atoms with E-state index in [0.717, 1.165) is 22.6 Å². The normalized spacial score (nSPS) is 16.8. The van der Waals surface area contributed by atoms with Crippen molar-refractivity contribution in [1.29, 1.82) is 0 Å². The van der Waals surface area contributed by atoms with Gasteiger partial charge in [-0.3, -0.25) is 9.59 Å². The van der Waals surface area contributed by atoms with Crippen molar-refractivity contribution in [2.24, 2.45) is 5.92 Å². The van der Waals surface area contributed by atoms with Gasteiger partial charge in [-0.2, -0.15) is 0 Å². The minimum atomic E-state index is -0.320. The van der Waals surface area contributed by atoms with Gasteiger partial charge in [0.05, 0.1) is 13.0 Å². The van der Waals surface area contributed by atoms with E-state index in [-0.39, 0.29) is 24.2 Å². The number of ether oxygens (including phenoxy) is 1. The van der Waals surface area contributed by atoms with E-state index in [1.165, 1.54) is 0 Å². The Morgan fingerprint density at radius 1 is 1.24 bits per heavy atom. The number of hydrogen-bond acceptors (Lipinski definition) is 3. The second-order valence-electron chi connectivity index (χ2n) is 6.31. The molecule has 0 bridgehead atoms. The first-order chi connectivity index (χ1) is 12.1. The standard InChI is InChI=1S/C20H22N2O3/c1-14-6-8-17(9-7-14)22-13-16(11-19(22)23)20(24)21-12-15-4-3-5-18(10-15)25-2/h3-10,16H,11-13H2,1-2H3,(H,21,24). The van der Waals surface area contributed by atoms with E-state index in [0.29, 0.717) is 13.1 Å². The first-order valence-electron chi connectivity index (χ1n) is 8.34. The highest BCUT2D eigenvalue weighted by Gasteiger charge is 2.34. The summed E-state index contributed by atoms with van der Waals surface area (Å²) < 4.78 is 5.18. The van der Waals surface area contributed by atoms with E-state index in [1.807, 2.05) is 55.5 Å². The lowest BCUT2D eigenvalue weighted by atomic mass is 10.1. The van der Waals surface area contributed by atoms with Crippen LogP contribution in [0, 0.1) is 12.8 Å². The summed E-state index contributed by atoms with van der Waals surface area (Å²) in [5.41, 5.74) is 2.95. The summed E-state index contributed by atoms with van der Waals surface area (Å²) >= 11 is 0. The van der Waals surface area contributed by atoms with E-state index in [9.17, 15) is 9.59 Å². The summed E-state index contributed by atoms with van der Waals surface area (Å²) in [5, 5.41) is 2.92. The third-order valence-corrected chi connectivity index (χ3v) is 4.44. The second kappa shape index (κ2) is 7.38. The number of anilines is 1. The fourth-order valence-corrected chi connectivity index (χ4v) is 2.97. The zero-order valence-electron chi connectivity index (χ0n) is 14.5. The number of aryl methyl sites for hydroxylation is 1. The molecule has 0 spiro atoms. The number of nitrogens with one attached hydrogen (secondary N) is 1. The van der Waals surface area contributed by atoms with Crippen LogP contribution < -0.4 is 15.0 Å². The number of amides is 2. The predicted molar refractivity (Wildman–Crippen MR) is 96.5 cm³/mol. The van der Waals surface area contributed by atoms with Crippen molar-refractivity contribution in [2.75, 3.05) is 18.6 Å². The smallest absolute Gasteiger partial charge is 0.227 e. The van der Waals surface area contributed by atoms with Crippen LogP contribution in [0.4, 0.5) is 5.69 Å². The molecule has 1 heterocycles. The van der Waals surface area contributed by atoms with Crippen molar-refractivity contribution >= 4 is 17.5 Å². The van der Waals surface area contributed by atoms with Gasteiger partial charge in [-0.25, -0.2) is 0 Å². The van der Waals surface area contributed by atoms with Gasteiger partial charge in [0.25, 0.3) is 0 Å². The van der Waals surface area contributed by atoms with Crippen LogP contribution in [0.3, 0.4) is 0 Å². The fraction of sp³-hybridized carbons (Fsp3) is 0.300. The Labute approximate surface area is 147 Å². The summed E-state index contributed by atoms with van der Waals surface area (Å²) in [6, 6.07) is 15.4. The lowest BCUT2D eigenvalue weighted by Gasteiger charge is -2.17. The molecule has 5 nitrogen and oxygen atoms in total. The van der Waals surface area contributed by atoms with Crippen LogP contribution in [-0.4, -0.2) is 25.5 Å². The van der Waals surface area contributed by atoms with Crippen LogP contribution in [0.2, 0.25) is 0 Å². The molecule has 0 saturated carbocycles. The van der Waals surface area contributed by atoms with Gasteiger partial charge >= 0.3 is 0 Å². The molecule has 25 heavy (non-hydrogen) atoms. The Morgan fingerprint density at radius 3 is 2.72 bits per heavy atom. The van der Waals surface area contributed by atoms with E-state index in [2.05, 4.69) is 5.32 Å². The number of nitrogens with zero attached hydrogens (tertiary/aromatic N) is 1. The topological polar surface area (TPSA) is 58.6 Å². The van der Waals surface area contributed by atoms with Gasteiger partial charge in [-0.15, -0.1) is 0 Å². The van der Waals surface area contributed by atoms with Crippen molar-refractivity contribution in [3.8, 4) is 5.75 Å². The molecule has 2 aromatic rings. The summed E-state index contributed by atoms with van der Waals surface area (Å²) in [7, 11) is 1.61. The van der Waals surface area contributed by atoms with Crippen LogP contribution in [0.25, 0.3) is 0 Å². The van der Waals surface area contributed by atoms with Crippen molar-refractivity contribution in [3.63, 3.8) is 0 Å².